The predicted molar refractivity (Wildman–Crippen MR) is 95.1 cm³/mol. The minimum Gasteiger partial charge on any atom is -0.331 e. The molecule has 0 saturated heterocycles. The van der Waals surface area contributed by atoms with Gasteiger partial charge in [0.15, 0.2) is 10.8 Å². The molecule has 8 heteroatoms. The zero-order valence-corrected chi connectivity index (χ0v) is 14.0. The van der Waals surface area contributed by atoms with Crippen molar-refractivity contribution in [2.75, 3.05) is 10.6 Å². The zero-order valence-electron chi connectivity index (χ0n) is 11.6. The molecule has 0 unspecified atom stereocenters. The van der Waals surface area contributed by atoms with E-state index in [2.05, 4.69) is 37.1 Å². The number of halogens is 2. The summed E-state index contributed by atoms with van der Waals surface area (Å²) in [5, 5.41) is 9.57. The summed E-state index contributed by atoms with van der Waals surface area (Å²) in [6.45, 7) is 0. The molecule has 0 fully saturated rings. The Morgan fingerprint density at radius 3 is 2.70 bits per heavy atom. The van der Waals surface area contributed by atoms with Crippen molar-refractivity contribution in [3.63, 3.8) is 0 Å². The molecule has 0 atom stereocenters. The van der Waals surface area contributed by atoms with Crippen LogP contribution in [0.3, 0.4) is 0 Å². The van der Waals surface area contributed by atoms with Crippen LogP contribution in [0.5, 0.6) is 0 Å². The molecule has 2 aromatic rings. The summed E-state index contributed by atoms with van der Waals surface area (Å²) in [6.07, 6.45) is 0. The fraction of sp³-hybridized carbons (Fsp3) is 0. The SMILES string of the molecule is O=C1Nc2c(F)cccc2/C1=N/NC(=S)Nc1ccc(Br)cc1. The van der Waals surface area contributed by atoms with Crippen LogP contribution in [0.15, 0.2) is 52.0 Å². The summed E-state index contributed by atoms with van der Waals surface area (Å²) < 4.78 is 14.6. The van der Waals surface area contributed by atoms with Crippen LogP contribution in [-0.4, -0.2) is 16.7 Å². The molecule has 0 aromatic heterocycles. The van der Waals surface area contributed by atoms with Crippen molar-refractivity contribution < 1.29 is 9.18 Å². The predicted octanol–water partition coefficient (Wildman–Crippen LogP) is 3.23. The second-order valence-corrected chi connectivity index (χ2v) is 5.97. The summed E-state index contributed by atoms with van der Waals surface area (Å²) in [5.74, 6) is -0.986. The lowest BCUT2D eigenvalue weighted by atomic mass is 10.1. The minimum absolute atomic E-state index is 0.0828. The fourth-order valence-electron chi connectivity index (χ4n) is 2.05. The van der Waals surface area contributed by atoms with E-state index < -0.39 is 11.7 Å². The molecule has 1 aliphatic rings. The Balaban J connectivity index is 1.73. The number of hydrazone groups is 1. The van der Waals surface area contributed by atoms with Crippen molar-refractivity contribution in [2.45, 2.75) is 0 Å². The molecule has 0 aliphatic carbocycles. The molecule has 3 N–H and O–H groups in total. The van der Waals surface area contributed by atoms with Crippen LogP contribution in [0.2, 0.25) is 0 Å². The Labute approximate surface area is 145 Å². The zero-order chi connectivity index (χ0) is 16.4. The third kappa shape index (κ3) is 3.38. The van der Waals surface area contributed by atoms with Crippen LogP contribution in [0, 0.1) is 5.82 Å². The molecule has 0 saturated carbocycles. The molecule has 0 spiro atoms. The minimum atomic E-state index is -0.503. The lowest BCUT2D eigenvalue weighted by molar-refractivity contribution is -0.110. The van der Waals surface area contributed by atoms with Crippen molar-refractivity contribution in [3.05, 3.63) is 58.3 Å². The van der Waals surface area contributed by atoms with Gasteiger partial charge >= 0.3 is 0 Å². The Morgan fingerprint density at radius 1 is 1.22 bits per heavy atom. The molecule has 116 valence electrons. The highest BCUT2D eigenvalue weighted by molar-refractivity contribution is 9.10. The number of nitrogens with zero attached hydrogens (tertiary/aromatic N) is 1. The van der Waals surface area contributed by atoms with Gasteiger partial charge in [-0.15, -0.1) is 0 Å². The van der Waals surface area contributed by atoms with E-state index in [1.165, 1.54) is 12.1 Å². The Hall–Kier alpha value is -2.32. The molecule has 23 heavy (non-hydrogen) atoms. The first kappa shape index (κ1) is 15.6. The molecular formula is C15H10BrFN4OS. The second kappa shape index (κ2) is 6.43. The number of rotatable bonds is 2. The summed E-state index contributed by atoms with van der Waals surface area (Å²) >= 11 is 8.46. The standard InChI is InChI=1S/C15H10BrFN4OS/c16-8-4-6-9(7-5-8)18-15(23)21-20-13-10-2-1-3-11(17)12(10)19-14(13)22/h1-7H,(H2,18,21,23)(H,19,20,22). The molecule has 1 amide bonds. The van der Waals surface area contributed by atoms with Crippen LogP contribution >= 0.6 is 28.1 Å². The van der Waals surface area contributed by atoms with Crippen LogP contribution in [0.25, 0.3) is 0 Å². The number of fused-ring (bicyclic) bond motifs is 1. The van der Waals surface area contributed by atoms with Gasteiger partial charge in [0.25, 0.3) is 5.91 Å². The molecule has 0 bridgehead atoms. The van der Waals surface area contributed by atoms with E-state index in [1.54, 1.807) is 6.07 Å². The van der Waals surface area contributed by atoms with Gasteiger partial charge in [-0.3, -0.25) is 10.2 Å². The molecule has 3 rings (SSSR count). The summed E-state index contributed by atoms with van der Waals surface area (Å²) in [7, 11) is 0. The number of hydrogen-bond acceptors (Lipinski definition) is 3. The highest BCUT2D eigenvalue weighted by Gasteiger charge is 2.28. The number of para-hydroxylation sites is 1. The number of amides is 1. The van der Waals surface area contributed by atoms with Gasteiger partial charge in [0, 0.05) is 15.7 Å². The van der Waals surface area contributed by atoms with E-state index in [-0.39, 0.29) is 16.5 Å². The molecule has 5 nitrogen and oxygen atoms in total. The van der Waals surface area contributed by atoms with Crippen LogP contribution in [-0.2, 0) is 4.79 Å². The first-order valence-corrected chi connectivity index (χ1v) is 7.75. The highest BCUT2D eigenvalue weighted by atomic mass is 79.9. The highest BCUT2D eigenvalue weighted by Crippen LogP contribution is 2.26. The average Bonchev–Trinajstić information content (AvgIpc) is 2.85. The van der Waals surface area contributed by atoms with Gasteiger partial charge in [0.1, 0.15) is 5.82 Å². The van der Waals surface area contributed by atoms with Crippen LogP contribution in [0.4, 0.5) is 15.8 Å². The Morgan fingerprint density at radius 2 is 1.96 bits per heavy atom. The monoisotopic (exact) mass is 392 g/mol. The summed E-state index contributed by atoms with van der Waals surface area (Å²) in [5.41, 5.74) is 3.97. The van der Waals surface area contributed by atoms with E-state index in [0.29, 0.717) is 5.56 Å². The maximum atomic E-state index is 13.6. The van der Waals surface area contributed by atoms with E-state index in [4.69, 9.17) is 12.2 Å². The van der Waals surface area contributed by atoms with Crippen molar-refractivity contribution in [1.29, 1.82) is 0 Å². The molecule has 2 aromatic carbocycles. The topological polar surface area (TPSA) is 65.5 Å². The number of benzene rings is 2. The number of hydrogen-bond donors (Lipinski definition) is 3. The van der Waals surface area contributed by atoms with E-state index in [9.17, 15) is 9.18 Å². The molecule has 1 aliphatic heterocycles. The first-order chi connectivity index (χ1) is 11.0. The third-order valence-electron chi connectivity index (χ3n) is 3.09. The second-order valence-electron chi connectivity index (χ2n) is 4.65. The average molecular weight is 393 g/mol. The summed E-state index contributed by atoms with van der Waals surface area (Å²) in [6, 6.07) is 11.8. The van der Waals surface area contributed by atoms with Gasteiger partial charge < -0.3 is 10.6 Å². The number of thiocarbonyl (C=S) groups is 1. The maximum absolute atomic E-state index is 13.6. The number of carbonyl (C=O) groups is 1. The molecule has 0 radical (unpaired) electrons. The van der Waals surface area contributed by atoms with Crippen molar-refractivity contribution in [3.8, 4) is 0 Å². The van der Waals surface area contributed by atoms with Crippen LogP contribution in [0.1, 0.15) is 5.56 Å². The van der Waals surface area contributed by atoms with E-state index in [0.717, 1.165) is 10.2 Å². The van der Waals surface area contributed by atoms with Gasteiger partial charge in [-0.25, -0.2) is 4.39 Å². The Bertz CT molecular complexity index is 823. The van der Waals surface area contributed by atoms with Crippen molar-refractivity contribution in [2.24, 2.45) is 5.10 Å². The quantitative estimate of drug-likeness (QED) is 0.542. The maximum Gasteiger partial charge on any atom is 0.276 e. The van der Waals surface area contributed by atoms with E-state index >= 15 is 0 Å². The number of carbonyl (C=O) groups excluding carboxylic acids is 1. The first-order valence-electron chi connectivity index (χ1n) is 6.55. The van der Waals surface area contributed by atoms with Gasteiger partial charge in [-0.1, -0.05) is 28.1 Å². The van der Waals surface area contributed by atoms with Crippen molar-refractivity contribution >= 4 is 56.3 Å². The Kier molecular flexibility index (Phi) is 4.35. The molecule has 1 heterocycles. The van der Waals surface area contributed by atoms with Gasteiger partial charge in [-0.2, -0.15) is 5.10 Å². The number of nitrogens with one attached hydrogen (secondary N) is 3. The third-order valence-corrected chi connectivity index (χ3v) is 3.82. The number of anilines is 2. The smallest absolute Gasteiger partial charge is 0.276 e. The van der Waals surface area contributed by atoms with E-state index in [1.807, 2.05) is 24.3 Å². The normalized spacial score (nSPS) is 14.3. The van der Waals surface area contributed by atoms with Crippen molar-refractivity contribution in [1.82, 2.24) is 5.43 Å². The van der Waals surface area contributed by atoms with Gasteiger partial charge in [0.05, 0.1) is 5.69 Å². The lowest BCUT2D eigenvalue weighted by Crippen LogP contribution is -2.27. The van der Waals surface area contributed by atoms with Gasteiger partial charge in [-0.05, 0) is 42.5 Å². The summed E-state index contributed by atoms with van der Waals surface area (Å²) in [4.78, 5) is 11.9. The lowest BCUT2D eigenvalue weighted by Gasteiger charge is -2.07. The fourth-order valence-corrected chi connectivity index (χ4v) is 2.48. The van der Waals surface area contributed by atoms with Gasteiger partial charge in [0.2, 0.25) is 0 Å². The largest absolute Gasteiger partial charge is 0.331 e. The molecular weight excluding hydrogens is 383 g/mol. The van der Waals surface area contributed by atoms with Crippen LogP contribution < -0.4 is 16.1 Å².